The number of carbonyl (C=O) groups excluding carboxylic acids is 2. The normalized spacial score (nSPS) is 18.2. The highest BCUT2D eigenvalue weighted by molar-refractivity contribution is 6.04. The number of imide groups is 1. The van der Waals surface area contributed by atoms with E-state index in [0.29, 0.717) is 19.5 Å². The molecule has 2 amide bonds. The van der Waals surface area contributed by atoms with Gasteiger partial charge in [0.15, 0.2) is 11.8 Å². The molecule has 1 saturated heterocycles. The summed E-state index contributed by atoms with van der Waals surface area (Å²) in [7, 11) is 0. The first kappa shape index (κ1) is 14.5. The Balaban J connectivity index is 1.54. The lowest BCUT2D eigenvalue weighted by Gasteiger charge is -2.13. The minimum absolute atomic E-state index is 0.0818. The zero-order valence-electron chi connectivity index (χ0n) is 12.3. The van der Waals surface area contributed by atoms with Crippen molar-refractivity contribution in [1.29, 1.82) is 0 Å². The van der Waals surface area contributed by atoms with Gasteiger partial charge in [-0.3, -0.25) is 14.5 Å². The quantitative estimate of drug-likeness (QED) is 0.799. The van der Waals surface area contributed by atoms with Crippen LogP contribution < -0.4 is 5.32 Å². The second-order valence-corrected chi connectivity index (χ2v) is 5.45. The highest BCUT2D eigenvalue weighted by atomic mass is 16.3. The Bertz CT molecular complexity index is 637. The van der Waals surface area contributed by atoms with Crippen molar-refractivity contribution in [2.75, 3.05) is 6.54 Å². The molecule has 0 radical (unpaired) electrons. The van der Waals surface area contributed by atoms with E-state index in [1.165, 1.54) is 4.90 Å². The minimum atomic E-state index is -0.326. The van der Waals surface area contributed by atoms with E-state index >= 15 is 0 Å². The van der Waals surface area contributed by atoms with Crippen LogP contribution in [0.1, 0.15) is 17.7 Å². The molecule has 1 atom stereocenters. The molecule has 22 heavy (non-hydrogen) atoms. The number of likely N-dealkylation sites (tertiary alicyclic amines) is 1. The molecule has 3 rings (SSSR count). The molecule has 0 spiro atoms. The third kappa shape index (κ3) is 3.26. The largest absolute Gasteiger partial charge is 0.463 e. The van der Waals surface area contributed by atoms with Crippen LogP contribution in [-0.2, 0) is 22.6 Å². The maximum Gasteiger partial charge on any atom is 0.287 e. The first-order valence-corrected chi connectivity index (χ1v) is 7.48. The van der Waals surface area contributed by atoms with Gasteiger partial charge < -0.3 is 9.73 Å². The molecule has 1 aromatic heterocycles. The number of amides is 2. The number of benzene rings is 1. The van der Waals surface area contributed by atoms with E-state index in [-0.39, 0.29) is 24.3 Å². The number of hydrogen-bond donors (Lipinski definition) is 1. The standard InChI is InChI=1S/C17H18N2O3/c20-16-11-15(18-12-14-7-4-10-22-14)17(21)19(16)9-8-13-5-2-1-3-6-13/h1-7,10,15,18H,8-9,11-12H2/p+1/t15-/m1/s1. The van der Waals surface area contributed by atoms with Crippen LogP contribution >= 0.6 is 0 Å². The first-order chi connectivity index (χ1) is 10.7. The van der Waals surface area contributed by atoms with Crippen molar-refractivity contribution in [2.24, 2.45) is 0 Å². The molecule has 0 aliphatic carbocycles. The van der Waals surface area contributed by atoms with Gasteiger partial charge in [-0.15, -0.1) is 0 Å². The van der Waals surface area contributed by atoms with E-state index < -0.39 is 0 Å². The molecule has 1 fully saturated rings. The maximum atomic E-state index is 12.3. The Morgan fingerprint density at radius 3 is 2.68 bits per heavy atom. The predicted octanol–water partition coefficient (Wildman–Crippen LogP) is 0.713. The number of carbonyl (C=O) groups is 2. The molecule has 5 heteroatoms. The Labute approximate surface area is 128 Å². The maximum absolute atomic E-state index is 12.3. The summed E-state index contributed by atoms with van der Waals surface area (Å²) in [5.74, 6) is 0.636. The Morgan fingerprint density at radius 2 is 1.95 bits per heavy atom. The summed E-state index contributed by atoms with van der Waals surface area (Å²) in [5, 5.41) is 1.88. The lowest BCUT2D eigenvalue weighted by molar-refractivity contribution is -0.691. The van der Waals surface area contributed by atoms with Gasteiger partial charge >= 0.3 is 0 Å². The second kappa shape index (κ2) is 6.58. The summed E-state index contributed by atoms with van der Waals surface area (Å²) in [5.41, 5.74) is 1.13. The number of hydrogen-bond acceptors (Lipinski definition) is 3. The third-order valence-corrected chi connectivity index (χ3v) is 3.93. The number of nitrogens with two attached hydrogens (primary N) is 1. The van der Waals surface area contributed by atoms with Crippen LogP contribution in [0.2, 0.25) is 0 Å². The van der Waals surface area contributed by atoms with Crippen LogP contribution in [0.5, 0.6) is 0 Å². The highest BCUT2D eigenvalue weighted by Crippen LogP contribution is 2.12. The minimum Gasteiger partial charge on any atom is -0.463 e. The molecule has 2 aromatic rings. The van der Waals surface area contributed by atoms with Crippen LogP contribution in [0, 0.1) is 0 Å². The fourth-order valence-corrected chi connectivity index (χ4v) is 2.70. The van der Waals surface area contributed by atoms with Crippen LogP contribution in [0.4, 0.5) is 0 Å². The van der Waals surface area contributed by atoms with Crippen molar-refractivity contribution < 1.29 is 19.3 Å². The number of furan rings is 1. The lowest BCUT2D eigenvalue weighted by Crippen LogP contribution is -2.90. The summed E-state index contributed by atoms with van der Waals surface area (Å²) in [4.78, 5) is 25.8. The molecular formula is C17H19N2O3+. The van der Waals surface area contributed by atoms with Crippen molar-refractivity contribution >= 4 is 11.8 Å². The average molecular weight is 299 g/mol. The molecule has 114 valence electrons. The molecule has 0 saturated carbocycles. The van der Waals surface area contributed by atoms with Gasteiger partial charge in [0.2, 0.25) is 5.91 Å². The van der Waals surface area contributed by atoms with Crippen molar-refractivity contribution in [2.45, 2.75) is 25.4 Å². The topological polar surface area (TPSA) is 67.1 Å². The summed E-state index contributed by atoms with van der Waals surface area (Å²) < 4.78 is 5.25. The van der Waals surface area contributed by atoms with Gasteiger partial charge in [0.1, 0.15) is 6.54 Å². The van der Waals surface area contributed by atoms with Crippen molar-refractivity contribution in [3.8, 4) is 0 Å². The molecule has 0 bridgehead atoms. The number of rotatable bonds is 6. The summed E-state index contributed by atoms with van der Waals surface area (Å²) in [6.45, 7) is 1.02. The first-order valence-electron chi connectivity index (χ1n) is 7.48. The second-order valence-electron chi connectivity index (χ2n) is 5.45. The SMILES string of the molecule is O=C1C[C@@H]([NH2+]Cc2ccco2)C(=O)N1CCc1ccccc1. The molecule has 2 heterocycles. The van der Waals surface area contributed by atoms with Gasteiger partial charge in [-0.2, -0.15) is 0 Å². The average Bonchev–Trinajstić information content (AvgIpc) is 3.14. The Hall–Kier alpha value is -2.40. The fraction of sp³-hybridized carbons (Fsp3) is 0.294. The summed E-state index contributed by atoms with van der Waals surface area (Å²) in [6, 6.07) is 13.2. The van der Waals surface area contributed by atoms with Gasteiger partial charge in [-0.1, -0.05) is 30.3 Å². The van der Waals surface area contributed by atoms with E-state index in [9.17, 15) is 9.59 Å². The van der Waals surface area contributed by atoms with Gasteiger partial charge in [-0.25, -0.2) is 0 Å². The van der Waals surface area contributed by atoms with Crippen molar-refractivity contribution in [1.82, 2.24) is 4.90 Å². The predicted molar refractivity (Wildman–Crippen MR) is 79.6 cm³/mol. The third-order valence-electron chi connectivity index (χ3n) is 3.93. The monoisotopic (exact) mass is 299 g/mol. The lowest BCUT2D eigenvalue weighted by atomic mass is 10.1. The zero-order chi connectivity index (χ0) is 15.4. The van der Waals surface area contributed by atoms with Crippen molar-refractivity contribution in [3.05, 3.63) is 60.1 Å². The number of nitrogens with zero attached hydrogens (tertiary/aromatic N) is 1. The molecule has 1 aliphatic heterocycles. The molecule has 0 unspecified atom stereocenters. The molecule has 1 aliphatic rings. The molecule has 2 N–H and O–H groups in total. The van der Waals surface area contributed by atoms with Crippen LogP contribution in [0.25, 0.3) is 0 Å². The van der Waals surface area contributed by atoms with Gasteiger partial charge in [0.25, 0.3) is 5.91 Å². The zero-order valence-corrected chi connectivity index (χ0v) is 12.3. The Morgan fingerprint density at radius 1 is 1.14 bits per heavy atom. The van der Waals surface area contributed by atoms with Gasteiger partial charge in [0, 0.05) is 6.54 Å². The van der Waals surface area contributed by atoms with Crippen LogP contribution in [-0.4, -0.2) is 29.3 Å². The van der Waals surface area contributed by atoms with E-state index in [1.807, 2.05) is 47.8 Å². The van der Waals surface area contributed by atoms with Gasteiger partial charge in [0.05, 0.1) is 12.7 Å². The fourth-order valence-electron chi connectivity index (χ4n) is 2.70. The van der Waals surface area contributed by atoms with E-state index in [4.69, 9.17) is 4.42 Å². The van der Waals surface area contributed by atoms with Crippen molar-refractivity contribution in [3.63, 3.8) is 0 Å². The summed E-state index contributed by atoms with van der Waals surface area (Å²) >= 11 is 0. The van der Waals surface area contributed by atoms with E-state index in [0.717, 1.165) is 11.3 Å². The molecule has 1 aromatic carbocycles. The van der Waals surface area contributed by atoms with Gasteiger partial charge in [-0.05, 0) is 24.1 Å². The smallest absolute Gasteiger partial charge is 0.287 e. The van der Waals surface area contributed by atoms with E-state index in [2.05, 4.69) is 0 Å². The van der Waals surface area contributed by atoms with E-state index in [1.54, 1.807) is 6.26 Å². The Kier molecular flexibility index (Phi) is 4.34. The molecular weight excluding hydrogens is 280 g/mol. The van der Waals surface area contributed by atoms with Crippen LogP contribution in [0.15, 0.2) is 53.1 Å². The number of quaternary nitrogens is 1. The molecule has 5 nitrogen and oxygen atoms in total. The highest BCUT2D eigenvalue weighted by Gasteiger charge is 2.40. The van der Waals surface area contributed by atoms with Crippen LogP contribution in [0.3, 0.4) is 0 Å². The summed E-state index contributed by atoms with van der Waals surface area (Å²) in [6.07, 6.45) is 2.58.